The molecule has 0 aliphatic rings. The Kier molecular flexibility index (Phi) is 2.57. The first-order valence-electron chi connectivity index (χ1n) is 4.36. The van der Waals surface area contributed by atoms with Gasteiger partial charge in [0, 0.05) is 12.3 Å². The van der Waals surface area contributed by atoms with E-state index in [4.69, 9.17) is 16.7 Å². The normalized spacial score (nSPS) is 10.4. The molecule has 0 saturated heterocycles. The van der Waals surface area contributed by atoms with Crippen LogP contribution in [0.25, 0.3) is 5.82 Å². The SMILES string of the molecule is Cc1nn(-c2ccncn2)c(Cl)c1C(=O)O. The Labute approximate surface area is 95.5 Å². The summed E-state index contributed by atoms with van der Waals surface area (Å²) in [7, 11) is 0. The number of carbonyl (C=O) groups is 1. The van der Waals surface area contributed by atoms with Crippen molar-refractivity contribution in [3.8, 4) is 5.82 Å². The summed E-state index contributed by atoms with van der Waals surface area (Å²) in [5.41, 5.74) is 0.330. The van der Waals surface area contributed by atoms with Crippen molar-refractivity contribution in [1.82, 2.24) is 19.7 Å². The highest BCUT2D eigenvalue weighted by atomic mass is 35.5. The zero-order valence-corrected chi connectivity index (χ0v) is 9.01. The average molecular weight is 239 g/mol. The maximum absolute atomic E-state index is 10.9. The van der Waals surface area contributed by atoms with Gasteiger partial charge in [0.2, 0.25) is 0 Å². The van der Waals surface area contributed by atoms with Crippen molar-refractivity contribution in [1.29, 1.82) is 0 Å². The number of aromatic nitrogens is 4. The summed E-state index contributed by atoms with van der Waals surface area (Å²) in [5, 5.41) is 13.0. The summed E-state index contributed by atoms with van der Waals surface area (Å²) < 4.78 is 1.27. The molecule has 0 fully saturated rings. The first kappa shape index (κ1) is 10.6. The van der Waals surface area contributed by atoms with E-state index in [-0.39, 0.29) is 10.7 Å². The number of rotatable bonds is 2. The Morgan fingerprint density at radius 3 is 2.81 bits per heavy atom. The van der Waals surface area contributed by atoms with Gasteiger partial charge in [-0.2, -0.15) is 5.10 Å². The molecular formula is C9H7ClN4O2. The van der Waals surface area contributed by atoms with Gasteiger partial charge in [-0.25, -0.2) is 19.4 Å². The highest BCUT2D eigenvalue weighted by Gasteiger charge is 2.20. The zero-order chi connectivity index (χ0) is 11.7. The van der Waals surface area contributed by atoms with Crippen molar-refractivity contribution >= 4 is 17.6 Å². The van der Waals surface area contributed by atoms with E-state index < -0.39 is 5.97 Å². The van der Waals surface area contributed by atoms with Crippen molar-refractivity contribution in [2.75, 3.05) is 0 Å². The van der Waals surface area contributed by atoms with Crippen LogP contribution in [0, 0.1) is 6.92 Å². The van der Waals surface area contributed by atoms with Crippen LogP contribution in [0.4, 0.5) is 0 Å². The molecular weight excluding hydrogens is 232 g/mol. The predicted octanol–water partition coefficient (Wildman–Crippen LogP) is 1.32. The molecule has 0 atom stereocenters. The van der Waals surface area contributed by atoms with Crippen molar-refractivity contribution in [3.63, 3.8) is 0 Å². The second-order valence-corrected chi connectivity index (χ2v) is 3.39. The molecule has 0 radical (unpaired) electrons. The molecule has 2 heterocycles. The molecule has 0 saturated carbocycles. The lowest BCUT2D eigenvalue weighted by molar-refractivity contribution is 0.0696. The fourth-order valence-corrected chi connectivity index (χ4v) is 1.64. The van der Waals surface area contributed by atoms with Crippen molar-refractivity contribution in [2.24, 2.45) is 0 Å². The number of halogens is 1. The number of aromatic carboxylic acids is 1. The molecule has 6 nitrogen and oxygen atoms in total. The van der Waals surface area contributed by atoms with Crippen LogP contribution < -0.4 is 0 Å². The molecule has 1 N–H and O–H groups in total. The van der Waals surface area contributed by atoms with Crippen LogP contribution in [0.2, 0.25) is 5.15 Å². The zero-order valence-electron chi connectivity index (χ0n) is 8.25. The molecule has 0 aliphatic heterocycles. The first-order chi connectivity index (χ1) is 7.61. The van der Waals surface area contributed by atoms with Gasteiger partial charge in [-0.05, 0) is 6.92 Å². The first-order valence-corrected chi connectivity index (χ1v) is 4.74. The van der Waals surface area contributed by atoms with Crippen LogP contribution in [-0.2, 0) is 0 Å². The van der Waals surface area contributed by atoms with Gasteiger partial charge in [0.05, 0.1) is 5.69 Å². The van der Waals surface area contributed by atoms with Gasteiger partial charge in [-0.3, -0.25) is 0 Å². The van der Waals surface area contributed by atoms with Crippen LogP contribution in [0.3, 0.4) is 0 Å². The molecule has 0 unspecified atom stereocenters. The van der Waals surface area contributed by atoms with Crippen LogP contribution >= 0.6 is 11.6 Å². The molecule has 2 aromatic heterocycles. The monoisotopic (exact) mass is 238 g/mol. The van der Waals surface area contributed by atoms with Crippen LogP contribution in [0.5, 0.6) is 0 Å². The molecule has 0 aromatic carbocycles. The molecule has 16 heavy (non-hydrogen) atoms. The Hall–Kier alpha value is -1.95. The lowest BCUT2D eigenvalue weighted by Crippen LogP contribution is -2.01. The number of aryl methyl sites for hydroxylation is 1. The van der Waals surface area contributed by atoms with E-state index >= 15 is 0 Å². The third kappa shape index (κ3) is 1.63. The summed E-state index contributed by atoms with van der Waals surface area (Å²) in [5.74, 6) is -0.682. The van der Waals surface area contributed by atoms with Gasteiger partial charge < -0.3 is 5.11 Å². The number of hydrogen-bond acceptors (Lipinski definition) is 4. The molecule has 0 aliphatic carbocycles. The molecule has 0 amide bonds. The molecule has 2 aromatic rings. The summed E-state index contributed by atoms with van der Waals surface area (Å²) in [6.45, 7) is 1.58. The van der Waals surface area contributed by atoms with E-state index in [1.54, 1.807) is 13.0 Å². The molecule has 7 heteroatoms. The molecule has 0 spiro atoms. The van der Waals surface area contributed by atoms with Crippen LogP contribution in [0.15, 0.2) is 18.6 Å². The van der Waals surface area contributed by atoms with Crippen molar-refractivity contribution in [3.05, 3.63) is 35.0 Å². The number of nitrogens with zero attached hydrogens (tertiary/aromatic N) is 4. The fourth-order valence-electron chi connectivity index (χ4n) is 1.30. The van der Waals surface area contributed by atoms with E-state index in [1.165, 1.54) is 17.2 Å². The Morgan fingerprint density at radius 1 is 1.56 bits per heavy atom. The van der Waals surface area contributed by atoms with E-state index in [0.717, 1.165) is 0 Å². The number of carboxylic acid groups (broad SMARTS) is 1. The topological polar surface area (TPSA) is 80.9 Å². The summed E-state index contributed by atoms with van der Waals surface area (Å²) in [6.07, 6.45) is 2.86. The van der Waals surface area contributed by atoms with Crippen molar-refractivity contribution < 1.29 is 9.90 Å². The van der Waals surface area contributed by atoms with Gasteiger partial charge in [-0.1, -0.05) is 11.6 Å². The van der Waals surface area contributed by atoms with Crippen LogP contribution in [0.1, 0.15) is 16.1 Å². The van der Waals surface area contributed by atoms with Crippen LogP contribution in [-0.4, -0.2) is 30.8 Å². The summed E-state index contributed by atoms with van der Waals surface area (Å²) in [6, 6.07) is 1.59. The molecule has 82 valence electrons. The number of carboxylic acids is 1. The van der Waals surface area contributed by atoms with Gasteiger partial charge >= 0.3 is 5.97 Å². The minimum Gasteiger partial charge on any atom is -0.478 e. The smallest absolute Gasteiger partial charge is 0.340 e. The third-order valence-electron chi connectivity index (χ3n) is 2.00. The average Bonchev–Trinajstić information content (AvgIpc) is 2.55. The lowest BCUT2D eigenvalue weighted by Gasteiger charge is -1.99. The van der Waals surface area contributed by atoms with E-state index in [0.29, 0.717) is 11.5 Å². The van der Waals surface area contributed by atoms with Gasteiger partial charge in [0.1, 0.15) is 17.0 Å². The Morgan fingerprint density at radius 2 is 2.31 bits per heavy atom. The molecule has 0 bridgehead atoms. The Bertz CT molecular complexity index is 538. The van der Waals surface area contributed by atoms with E-state index in [1.807, 2.05) is 0 Å². The summed E-state index contributed by atoms with van der Waals surface area (Å²) >= 11 is 5.92. The summed E-state index contributed by atoms with van der Waals surface area (Å²) in [4.78, 5) is 18.6. The van der Waals surface area contributed by atoms with Gasteiger partial charge in [0.15, 0.2) is 5.82 Å². The van der Waals surface area contributed by atoms with Gasteiger partial charge in [-0.15, -0.1) is 0 Å². The fraction of sp³-hybridized carbons (Fsp3) is 0.111. The maximum Gasteiger partial charge on any atom is 0.340 e. The largest absolute Gasteiger partial charge is 0.478 e. The minimum absolute atomic E-state index is 0.0136. The highest BCUT2D eigenvalue weighted by molar-refractivity contribution is 6.32. The quantitative estimate of drug-likeness (QED) is 0.853. The third-order valence-corrected chi connectivity index (χ3v) is 2.35. The predicted molar refractivity (Wildman–Crippen MR) is 55.9 cm³/mol. The van der Waals surface area contributed by atoms with E-state index in [9.17, 15) is 4.79 Å². The van der Waals surface area contributed by atoms with E-state index in [2.05, 4.69) is 15.1 Å². The minimum atomic E-state index is -1.11. The standard InChI is InChI=1S/C9H7ClN4O2/c1-5-7(9(15)16)8(10)14(13-5)6-2-3-11-4-12-6/h2-4H,1H3,(H,15,16). The van der Waals surface area contributed by atoms with Gasteiger partial charge in [0.25, 0.3) is 0 Å². The highest BCUT2D eigenvalue weighted by Crippen LogP contribution is 2.21. The Balaban J connectivity index is 2.61. The molecule has 2 rings (SSSR count). The number of hydrogen-bond donors (Lipinski definition) is 1. The van der Waals surface area contributed by atoms with Crippen molar-refractivity contribution in [2.45, 2.75) is 6.92 Å². The second-order valence-electron chi connectivity index (χ2n) is 3.04. The lowest BCUT2D eigenvalue weighted by atomic mass is 10.3. The maximum atomic E-state index is 10.9. The second kappa shape index (κ2) is 3.90.